The fraction of sp³-hybridized carbons (Fsp3) is 0.933. The van der Waals surface area contributed by atoms with Crippen LogP contribution in [-0.4, -0.2) is 12.5 Å². The maximum atomic E-state index is 12.0. The average Bonchev–Trinajstić information content (AvgIpc) is 2.35. The number of rotatable bonds is 8. The van der Waals surface area contributed by atoms with Crippen LogP contribution in [0.4, 0.5) is 4.39 Å². The molecule has 1 fully saturated rings. The van der Waals surface area contributed by atoms with E-state index in [1.807, 2.05) is 0 Å². The normalized spacial score (nSPS) is 24.8. The van der Waals surface area contributed by atoms with Gasteiger partial charge in [0.25, 0.3) is 0 Å². The van der Waals surface area contributed by atoms with Gasteiger partial charge in [0.2, 0.25) is 0 Å². The predicted molar refractivity (Wildman–Crippen MR) is 69.8 cm³/mol. The average molecular weight is 242 g/mol. The zero-order chi connectivity index (χ0) is 12.5. The summed E-state index contributed by atoms with van der Waals surface area (Å²) in [5.41, 5.74) is 0. The third-order valence-corrected chi connectivity index (χ3v) is 4.11. The van der Waals surface area contributed by atoms with Crippen molar-refractivity contribution >= 4 is 5.78 Å². The van der Waals surface area contributed by atoms with Crippen molar-refractivity contribution in [3.8, 4) is 0 Å². The Balaban J connectivity index is 2.25. The van der Waals surface area contributed by atoms with Gasteiger partial charge in [0.1, 0.15) is 5.78 Å². The van der Waals surface area contributed by atoms with Gasteiger partial charge in [-0.1, -0.05) is 45.4 Å². The van der Waals surface area contributed by atoms with E-state index in [1.165, 1.54) is 38.5 Å². The summed E-state index contributed by atoms with van der Waals surface area (Å²) >= 11 is 0. The number of hydrogen-bond donors (Lipinski definition) is 0. The molecule has 0 saturated heterocycles. The van der Waals surface area contributed by atoms with Gasteiger partial charge in [0.05, 0.1) is 6.67 Å². The van der Waals surface area contributed by atoms with Crippen LogP contribution in [0.5, 0.6) is 0 Å². The van der Waals surface area contributed by atoms with Crippen molar-refractivity contribution < 1.29 is 9.18 Å². The molecule has 0 amide bonds. The Morgan fingerprint density at radius 1 is 1.12 bits per heavy atom. The molecule has 2 atom stereocenters. The molecule has 0 aliphatic heterocycles. The van der Waals surface area contributed by atoms with E-state index in [2.05, 4.69) is 6.92 Å². The minimum atomic E-state index is -0.354. The number of ketones is 1. The van der Waals surface area contributed by atoms with Crippen molar-refractivity contribution in [3.05, 3.63) is 0 Å². The molecule has 1 nitrogen and oxygen atoms in total. The monoisotopic (exact) mass is 242 g/mol. The van der Waals surface area contributed by atoms with Gasteiger partial charge in [-0.05, 0) is 24.7 Å². The summed E-state index contributed by atoms with van der Waals surface area (Å²) in [6, 6.07) is 0. The molecule has 1 aliphatic carbocycles. The highest BCUT2D eigenvalue weighted by Gasteiger charge is 2.24. The molecule has 1 saturated carbocycles. The summed E-state index contributed by atoms with van der Waals surface area (Å²) in [5, 5.41) is 0. The number of carbonyl (C=O) groups excluding carboxylic acids is 1. The molecule has 1 rings (SSSR count). The highest BCUT2D eigenvalue weighted by Crippen LogP contribution is 2.36. The maximum absolute atomic E-state index is 12.0. The van der Waals surface area contributed by atoms with Crippen LogP contribution in [0.3, 0.4) is 0 Å². The highest BCUT2D eigenvalue weighted by atomic mass is 19.1. The largest absolute Gasteiger partial charge is 0.300 e. The molecule has 0 aromatic rings. The van der Waals surface area contributed by atoms with Crippen LogP contribution in [0.2, 0.25) is 0 Å². The molecule has 0 aromatic heterocycles. The lowest BCUT2D eigenvalue weighted by Gasteiger charge is -2.31. The Hall–Kier alpha value is -0.400. The van der Waals surface area contributed by atoms with E-state index in [4.69, 9.17) is 0 Å². The van der Waals surface area contributed by atoms with E-state index >= 15 is 0 Å². The first-order valence-corrected chi connectivity index (χ1v) is 7.35. The maximum Gasteiger partial charge on any atom is 0.133 e. The Labute approximate surface area is 105 Å². The molecule has 0 spiro atoms. The van der Waals surface area contributed by atoms with E-state index in [1.54, 1.807) is 0 Å². The second kappa shape index (κ2) is 8.66. The second-order valence-electron chi connectivity index (χ2n) is 5.46. The molecule has 17 heavy (non-hydrogen) atoms. The van der Waals surface area contributed by atoms with E-state index in [0.717, 1.165) is 18.3 Å². The first kappa shape index (κ1) is 14.7. The highest BCUT2D eigenvalue weighted by molar-refractivity contribution is 5.78. The zero-order valence-electron chi connectivity index (χ0n) is 11.2. The molecule has 1 aliphatic rings. The van der Waals surface area contributed by atoms with Gasteiger partial charge in [-0.3, -0.25) is 9.18 Å². The topological polar surface area (TPSA) is 17.1 Å². The van der Waals surface area contributed by atoms with Crippen LogP contribution in [0.1, 0.15) is 71.1 Å². The van der Waals surface area contributed by atoms with E-state index in [-0.39, 0.29) is 12.5 Å². The molecular formula is C15H27FO. The fourth-order valence-electron chi connectivity index (χ4n) is 3.15. The molecule has 0 aromatic carbocycles. The summed E-state index contributed by atoms with van der Waals surface area (Å²) < 4.78 is 12.0. The van der Waals surface area contributed by atoms with Gasteiger partial charge in [-0.15, -0.1) is 0 Å². The van der Waals surface area contributed by atoms with E-state index in [9.17, 15) is 9.18 Å². The lowest BCUT2D eigenvalue weighted by Crippen LogP contribution is -2.20. The Morgan fingerprint density at radius 2 is 1.76 bits per heavy atom. The first-order valence-electron chi connectivity index (χ1n) is 7.35. The minimum Gasteiger partial charge on any atom is -0.300 e. The third-order valence-electron chi connectivity index (χ3n) is 4.11. The van der Waals surface area contributed by atoms with Crippen LogP contribution in [0, 0.1) is 11.8 Å². The van der Waals surface area contributed by atoms with Crippen molar-refractivity contribution in [3.63, 3.8) is 0 Å². The van der Waals surface area contributed by atoms with Crippen LogP contribution in [0.25, 0.3) is 0 Å². The lowest BCUT2D eigenvalue weighted by atomic mass is 9.74. The number of carbonyl (C=O) groups is 1. The van der Waals surface area contributed by atoms with Gasteiger partial charge in [0.15, 0.2) is 0 Å². The predicted octanol–water partition coefficient (Wildman–Crippen LogP) is 4.69. The van der Waals surface area contributed by atoms with Crippen LogP contribution >= 0.6 is 0 Å². The van der Waals surface area contributed by atoms with Crippen LogP contribution < -0.4 is 0 Å². The summed E-state index contributed by atoms with van der Waals surface area (Å²) in [7, 11) is 0. The van der Waals surface area contributed by atoms with Gasteiger partial charge in [0, 0.05) is 12.8 Å². The molecule has 0 N–H and O–H groups in total. The quantitative estimate of drug-likeness (QED) is 0.603. The Morgan fingerprint density at radius 3 is 2.35 bits per heavy atom. The molecular weight excluding hydrogens is 215 g/mol. The van der Waals surface area contributed by atoms with Gasteiger partial charge >= 0.3 is 0 Å². The van der Waals surface area contributed by atoms with Crippen molar-refractivity contribution in [1.29, 1.82) is 0 Å². The van der Waals surface area contributed by atoms with E-state index in [0.29, 0.717) is 19.3 Å². The molecule has 0 bridgehead atoms. The molecule has 100 valence electrons. The Bertz CT molecular complexity index is 213. The standard InChI is InChI=1S/C15H27FO/c1-2-6-13-7-3-4-8-14(13)10-11-15(17)9-5-12-16/h13-14H,2-12H2,1H3. The van der Waals surface area contributed by atoms with Crippen LogP contribution in [0.15, 0.2) is 0 Å². The lowest BCUT2D eigenvalue weighted by molar-refractivity contribution is -0.119. The number of Topliss-reactive ketones (excluding diaryl/α,β-unsaturated/α-hetero) is 1. The zero-order valence-corrected chi connectivity index (χ0v) is 11.2. The number of halogens is 1. The number of hydrogen-bond acceptors (Lipinski definition) is 1. The van der Waals surface area contributed by atoms with Crippen molar-refractivity contribution in [2.45, 2.75) is 71.1 Å². The smallest absolute Gasteiger partial charge is 0.133 e. The molecule has 0 heterocycles. The summed E-state index contributed by atoms with van der Waals surface area (Å²) in [5.74, 6) is 1.88. The van der Waals surface area contributed by atoms with Crippen molar-refractivity contribution in [2.75, 3.05) is 6.67 Å². The fourth-order valence-corrected chi connectivity index (χ4v) is 3.15. The summed E-state index contributed by atoms with van der Waals surface area (Å²) in [6.45, 7) is 1.89. The molecule has 0 radical (unpaired) electrons. The molecule has 2 heteroatoms. The van der Waals surface area contributed by atoms with Crippen molar-refractivity contribution in [2.24, 2.45) is 11.8 Å². The van der Waals surface area contributed by atoms with E-state index < -0.39 is 0 Å². The van der Waals surface area contributed by atoms with Crippen LogP contribution in [-0.2, 0) is 4.79 Å². The van der Waals surface area contributed by atoms with Gasteiger partial charge in [-0.2, -0.15) is 0 Å². The molecule has 2 unspecified atom stereocenters. The minimum absolute atomic E-state index is 0.267. The van der Waals surface area contributed by atoms with Gasteiger partial charge < -0.3 is 0 Å². The summed E-state index contributed by atoms with van der Waals surface area (Å²) in [6.07, 6.45) is 10.6. The summed E-state index contributed by atoms with van der Waals surface area (Å²) in [4.78, 5) is 11.5. The third kappa shape index (κ3) is 5.65. The first-order chi connectivity index (χ1) is 8.27. The SMILES string of the molecule is CCCC1CCCCC1CCC(=O)CCCF. The second-order valence-corrected chi connectivity index (χ2v) is 5.46. The Kier molecular flexibility index (Phi) is 7.46. The number of alkyl halides is 1. The van der Waals surface area contributed by atoms with Gasteiger partial charge in [-0.25, -0.2) is 0 Å². The van der Waals surface area contributed by atoms with Crippen molar-refractivity contribution in [1.82, 2.24) is 0 Å².